The minimum absolute atomic E-state index is 0.227. The van der Waals surface area contributed by atoms with E-state index in [-0.39, 0.29) is 4.88 Å². The molecule has 0 saturated heterocycles. The van der Waals surface area contributed by atoms with Gasteiger partial charge < -0.3 is 9.64 Å². The lowest BCUT2D eigenvalue weighted by molar-refractivity contribution is 0.0607. The second-order valence-electron chi connectivity index (χ2n) is 6.46. The number of aromatic nitrogens is 2. The van der Waals surface area contributed by atoms with E-state index in [1.807, 2.05) is 0 Å². The van der Waals surface area contributed by atoms with E-state index in [1.165, 1.54) is 7.11 Å². The van der Waals surface area contributed by atoms with Crippen LogP contribution in [-0.4, -0.2) is 63.3 Å². The molecule has 0 atom stereocenters. The van der Waals surface area contributed by atoms with Gasteiger partial charge in [0.25, 0.3) is 0 Å². The van der Waals surface area contributed by atoms with Gasteiger partial charge in [0.1, 0.15) is 4.88 Å². The first-order valence-corrected chi connectivity index (χ1v) is 12.7. The van der Waals surface area contributed by atoms with Crippen LogP contribution in [0.2, 0.25) is 0 Å². The summed E-state index contributed by atoms with van der Waals surface area (Å²) in [5.74, 6) is 4.93. The van der Waals surface area contributed by atoms with Crippen molar-refractivity contribution < 1.29 is 26.4 Å². The average molecular weight is 460 g/mol. The molecule has 0 aliphatic rings. The highest BCUT2D eigenvalue weighted by Crippen LogP contribution is 2.34. The predicted molar refractivity (Wildman–Crippen MR) is 112 cm³/mol. The number of anilines is 2. The molecule has 0 aliphatic carbocycles. The molecule has 0 saturated carbocycles. The van der Waals surface area contributed by atoms with Crippen LogP contribution >= 0.6 is 11.3 Å². The van der Waals surface area contributed by atoms with E-state index in [1.54, 1.807) is 42.0 Å². The third-order valence-electron chi connectivity index (χ3n) is 4.32. The smallest absolute Gasteiger partial charge is 0.350 e. The van der Waals surface area contributed by atoms with Crippen LogP contribution in [0.1, 0.15) is 21.5 Å². The fourth-order valence-electron chi connectivity index (χ4n) is 2.27. The van der Waals surface area contributed by atoms with Gasteiger partial charge in [-0.15, -0.1) is 11.3 Å². The molecule has 0 bridgehead atoms. The zero-order valence-electron chi connectivity index (χ0n) is 16.7. The first-order valence-electron chi connectivity index (χ1n) is 8.09. The van der Waals surface area contributed by atoms with Gasteiger partial charge in [-0.1, -0.05) is 11.8 Å². The number of hydrogen-bond donors (Lipinski definition) is 0. The summed E-state index contributed by atoms with van der Waals surface area (Å²) in [5, 5.41) is 4.27. The minimum atomic E-state index is -4.04. The summed E-state index contributed by atoms with van der Waals surface area (Å²) < 4.78 is 52.4. The Kier molecular flexibility index (Phi) is 6.18. The van der Waals surface area contributed by atoms with Crippen molar-refractivity contribution >= 4 is 48.5 Å². The van der Waals surface area contributed by atoms with Crippen LogP contribution in [-0.2, 0) is 31.5 Å². The van der Waals surface area contributed by atoms with Crippen molar-refractivity contribution in [3.63, 3.8) is 0 Å². The highest BCUT2D eigenvalue weighted by atomic mass is 32.3. The molecule has 0 radical (unpaired) electrons. The minimum Gasteiger partial charge on any atom is -0.465 e. The monoisotopic (exact) mass is 459 g/mol. The number of sulfone groups is 2. The number of aryl methyl sites for hydroxylation is 1. The maximum Gasteiger partial charge on any atom is 0.350 e. The van der Waals surface area contributed by atoms with Crippen LogP contribution in [0, 0.1) is 11.8 Å². The molecule has 2 heterocycles. The molecule has 12 heteroatoms. The van der Waals surface area contributed by atoms with Gasteiger partial charge in [0.2, 0.25) is 4.08 Å². The zero-order valence-corrected chi connectivity index (χ0v) is 19.2. The Morgan fingerprint density at radius 1 is 1.28 bits per heavy atom. The molecular weight excluding hydrogens is 438 g/mol. The molecule has 0 unspecified atom stereocenters. The van der Waals surface area contributed by atoms with Crippen molar-refractivity contribution in [3.05, 3.63) is 28.1 Å². The van der Waals surface area contributed by atoms with Crippen LogP contribution in [0.3, 0.4) is 0 Å². The summed E-state index contributed by atoms with van der Waals surface area (Å²) in [6.07, 6.45) is 3.37. The number of hydrogen-bond acceptors (Lipinski definition) is 9. The van der Waals surface area contributed by atoms with E-state index in [9.17, 15) is 21.6 Å². The Bertz CT molecular complexity index is 1180. The summed E-state index contributed by atoms with van der Waals surface area (Å²) in [5.41, 5.74) is 0.449. The Morgan fingerprint density at radius 3 is 2.31 bits per heavy atom. The first-order chi connectivity index (χ1) is 13.2. The summed E-state index contributed by atoms with van der Waals surface area (Å²) in [6, 6.07) is 3.30. The predicted octanol–water partition coefficient (Wildman–Crippen LogP) is 1.19. The first kappa shape index (κ1) is 22.9. The Labute approximate surface area is 174 Å². The van der Waals surface area contributed by atoms with Gasteiger partial charge in [0.15, 0.2) is 25.5 Å². The van der Waals surface area contributed by atoms with Gasteiger partial charge in [0.05, 0.1) is 17.7 Å². The standard InChI is InChI=1S/C17H21N3O6S3/c1-17(28(5,22)23,29(6,24)25)9-7-12-11-13(15(27-12)16(21)26-4)20(3)14-8-10-19(2)18-14/h8,10-11H,1-6H3. The SMILES string of the molecule is COC(=O)c1sc(C#CC(C)(S(C)(=O)=O)S(C)(=O)=O)cc1N(C)c1ccn(C)n1. The molecule has 0 fully saturated rings. The Balaban J connectivity index is 2.61. The van der Waals surface area contributed by atoms with Crippen LogP contribution in [0.4, 0.5) is 11.5 Å². The van der Waals surface area contributed by atoms with Crippen molar-refractivity contribution in [1.29, 1.82) is 0 Å². The number of methoxy groups -OCH3 is 1. The third kappa shape index (κ3) is 4.47. The molecule has 0 N–H and O–H groups in total. The van der Waals surface area contributed by atoms with Crippen molar-refractivity contribution in [2.24, 2.45) is 7.05 Å². The molecular formula is C17H21N3O6S3. The van der Waals surface area contributed by atoms with Gasteiger partial charge in [-0.2, -0.15) is 5.10 Å². The van der Waals surface area contributed by atoms with E-state index in [0.29, 0.717) is 16.4 Å². The lowest BCUT2D eigenvalue weighted by atomic mass is 10.3. The number of ether oxygens (including phenoxy) is 1. The Hall–Kier alpha value is -2.36. The van der Waals surface area contributed by atoms with Crippen LogP contribution in [0.15, 0.2) is 18.3 Å². The molecule has 9 nitrogen and oxygen atoms in total. The van der Waals surface area contributed by atoms with Crippen LogP contribution < -0.4 is 4.90 Å². The number of rotatable bonds is 5. The van der Waals surface area contributed by atoms with E-state index < -0.39 is 29.7 Å². The quantitative estimate of drug-likeness (QED) is 0.484. The summed E-state index contributed by atoms with van der Waals surface area (Å²) in [6.45, 7) is 1.04. The van der Waals surface area contributed by atoms with E-state index in [4.69, 9.17) is 4.74 Å². The molecule has 2 aromatic heterocycles. The van der Waals surface area contributed by atoms with Crippen molar-refractivity contribution in [2.75, 3.05) is 31.6 Å². The largest absolute Gasteiger partial charge is 0.465 e. The second kappa shape index (κ2) is 7.81. The molecule has 0 amide bonds. The van der Waals surface area contributed by atoms with Gasteiger partial charge in [0, 0.05) is 38.9 Å². The fourth-order valence-corrected chi connectivity index (χ4v) is 5.90. The van der Waals surface area contributed by atoms with Gasteiger partial charge in [-0.3, -0.25) is 4.68 Å². The molecule has 2 rings (SSSR count). The summed E-state index contributed by atoms with van der Waals surface area (Å²) in [4.78, 5) is 14.4. The molecule has 158 valence electrons. The van der Waals surface area contributed by atoms with Crippen molar-refractivity contribution in [1.82, 2.24) is 9.78 Å². The maximum atomic E-state index is 12.2. The lowest BCUT2D eigenvalue weighted by Gasteiger charge is -2.18. The normalized spacial score (nSPS) is 12.2. The molecule has 0 spiro atoms. The average Bonchev–Trinajstić information content (AvgIpc) is 3.22. The number of carbonyl (C=O) groups excluding carboxylic acids is 1. The molecule has 29 heavy (non-hydrogen) atoms. The van der Waals surface area contributed by atoms with Gasteiger partial charge in [-0.05, 0) is 13.0 Å². The summed E-state index contributed by atoms with van der Waals surface area (Å²) in [7, 11) is -3.40. The molecule has 0 aliphatic heterocycles. The van der Waals surface area contributed by atoms with Gasteiger partial charge in [-0.25, -0.2) is 21.6 Å². The number of nitrogens with zero attached hydrogens (tertiary/aromatic N) is 3. The highest BCUT2D eigenvalue weighted by Gasteiger charge is 2.44. The summed E-state index contributed by atoms with van der Waals surface area (Å²) >= 11 is 0.970. The van der Waals surface area contributed by atoms with Crippen LogP contribution in [0.25, 0.3) is 0 Å². The van der Waals surface area contributed by atoms with E-state index in [2.05, 4.69) is 16.9 Å². The van der Waals surface area contributed by atoms with E-state index in [0.717, 1.165) is 30.8 Å². The van der Waals surface area contributed by atoms with E-state index >= 15 is 0 Å². The number of esters is 1. The fraction of sp³-hybridized carbons (Fsp3) is 0.412. The maximum absolute atomic E-state index is 12.2. The lowest BCUT2D eigenvalue weighted by Crippen LogP contribution is -2.41. The van der Waals surface area contributed by atoms with Gasteiger partial charge >= 0.3 is 5.97 Å². The third-order valence-corrected chi connectivity index (χ3v) is 10.2. The molecule has 0 aromatic carbocycles. The zero-order chi connectivity index (χ0) is 22.2. The highest BCUT2D eigenvalue weighted by molar-refractivity contribution is 8.10. The number of carbonyl (C=O) groups is 1. The van der Waals surface area contributed by atoms with Crippen molar-refractivity contribution in [3.8, 4) is 11.8 Å². The molecule has 2 aromatic rings. The Morgan fingerprint density at radius 2 is 1.86 bits per heavy atom. The second-order valence-corrected chi connectivity index (χ2v) is 12.5. The topological polar surface area (TPSA) is 116 Å². The van der Waals surface area contributed by atoms with Crippen LogP contribution in [0.5, 0.6) is 0 Å². The number of thiophene rings is 1. The van der Waals surface area contributed by atoms with Crippen molar-refractivity contribution in [2.45, 2.75) is 11.0 Å².